The van der Waals surface area contributed by atoms with E-state index >= 15 is 0 Å². The predicted octanol–water partition coefficient (Wildman–Crippen LogP) is 1.72. The van der Waals surface area contributed by atoms with Crippen LogP contribution >= 0.6 is 0 Å². The lowest BCUT2D eigenvalue weighted by Gasteiger charge is -2.15. The third-order valence-corrected chi connectivity index (χ3v) is 3.67. The zero-order valence-corrected chi connectivity index (χ0v) is 9.85. The van der Waals surface area contributed by atoms with E-state index in [0.717, 1.165) is 37.4 Å². The van der Waals surface area contributed by atoms with E-state index < -0.39 is 0 Å². The van der Waals surface area contributed by atoms with Gasteiger partial charge in [0, 0.05) is 0 Å². The molecule has 3 heteroatoms. The number of benzene rings is 1. The molecule has 2 heterocycles. The maximum Gasteiger partial charge on any atom is 0.231 e. The molecule has 0 atom stereocenters. The first-order valence-electron chi connectivity index (χ1n) is 5.90. The van der Waals surface area contributed by atoms with Crippen LogP contribution in [0.1, 0.15) is 22.3 Å². The van der Waals surface area contributed by atoms with E-state index in [4.69, 9.17) is 9.47 Å². The second kappa shape index (κ2) is 3.67. The maximum atomic E-state index is 5.57. The summed E-state index contributed by atoms with van der Waals surface area (Å²) in [5.74, 6) is 1.94. The molecule has 0 amide bonds. The molecule has 16 heavy (non-hydrogen) atoms. The quantitative estimate of drug-likeness (QED) is 0.720. The van der Waals surface area contributed by atoms with Crippen LogP contribution in [0.4, 0.5) is 0 Å². The van der Waals surface area contributed by atoms with Crippen molar-refractivity contribution in [2.24, 2.45) is 0 Å². The van der Waals surface area contributed by atoms with Gasteiger partial charge in [0.05, 0.1) is 0 Å². The van der Waals surface area contributed by atoms with Gasteiger partial charge in [-0.05, 0) is 62.0 Å². The minimum atomic E-state index is 0.373. The van der Waals surface area contributed by atoms with Crippen molar-refractivity contribution >= 4 is 0 Å². The van der Waals surface area contributed by atoms with Crippen molar-refractivity contribution in [3.05, 3.63) is 22.3 Å². The first-order valence-corrected chi connectivity index (χ1v) is 5.90. The number of hydrogen-bond donors (Lipinski definition) is 1. The summed E-state index contributed by atoms with van der Waals surface area (Å²) < 4.78 is 11.1. The van der Waals surface area contributed by atoms with E-state index in [1.807, 2.05) is 0 Å². The summed E-state index contributed by atoms with van der Waals surface area (Å²) in [6.45, 7) is 6.80. The van der Waals surface area contributed by atoms with Gasteiger partial charge < -0.3 is 14.8 Å². The Labute approximate surface area is 95.8 Å². The fourth-order valence-corrected chi connectivity index (χ4v) is 2.79. The van der Waals surface area contributed by atoms with Crippen molar-refractivity contribution in [1.82, 2.24) is 5.32 Å². The van der Waals surface area contributed by atoms with E-state index in [9.17, 15) is 0 Å². The van der Waals surface area contributed by atoms with Gasteiger partial charge in [-0.1, -0.05) is 0 Å². The number of hydrogen-bond acceptors (Lipinski definition) is 3. The molecule has 0 fully saturated rings. The van der Waals surface area contributed by atoms with Crippen LogP contribution in [0.2, 0.25) is 0 Å². The number of rotatable bonds is 0. The highest BCUT2D eigenvalue weighted by atomic mass is 16.7. The Hall–Kier alpha value is -1.22. The molecule has 2 aliphatic heterocycles. The maximum absolute atomic E-state index is 5.57. The van der Waals surface area contributed by atoms with Crippen LogP contribution in [0.5, 0.6) is 11.5 Å². The van der Waals surface area contributed by atoms with Gasteiger partial charge in [0.25, 0.3) is 0 Å². The van der Waals surface area contributed by atoms with Crippen LogP contribution in [-0.4, -0.2) is 19.9 Å². The summed E-state index contributed by atoms with van der Waals surface area (Å²) in [6, 6.07) is 0. The molecule has 2 aliphatic rings. The molecule has 1 N–H and O–H groups in total. The fourth-order valence-electron chi connectivity index (χ4n) is 2.79. The summed E-state index contributed by atoms with van der Waals surface area (Å²) in [6.07, 6.45) is 2.19. The largest absolute Gasteiger partial charge is 0.453 e. The van der Waals surface area contributed by atoms with Gasteiger partial charge in [0.15, 0.2) is 11.5 Å². The lowest BCUT2D eigenvalue weighted by Crippen LogP contribution is -2.16. The molecule has 0 saturated heterocycles. The van der Waals surface area contributed by atoms with Gasteiger partial charge in [-0.3, -0.25) is 0 Å². The molecule has 1 aromatic carbocycles. The summed E-state index contributed by atoms with van der Waals surface area (Å²) in [5, 5.41) is 3.44. The van der Waals surface area contributed by atoms with E-state index in [1.165, 1.54) is 22.3 Å². The Kier molecular flexibility index (Phi) is 2.28. The zero-order valence-electron chi connectivity index (χ0n) is 9.85. The average Bonchev–Trinajstić information content (AvgIpc) is 2.64. The van der Waals surface area contributed by atoms with Crippen LogP contribution in [0.15, 0.2) is 0 Å². The third-order valence-electron chi connectivity index (χ3n) is 3.67. The van der Waals surface area contributed by atoms with E-state index in [2.05, 4.69) is 19.2 Å². The van der Waals surface area contributed by atoms with Crippen molar-refractivity contribution < 1.29 is 9.47 Å². The van der Waals surface area contributed by atoms with Crippen LogP contribution in [0.3, 0.4) is 0 Å². The van der Waals surface area contributed by atoms with E-state index in [-0.39, 0.29) is 0 Å². The first kappa shape index (κ1) is 9.97. The molecule has 3 nitrogen and oxygen atoms in total. The molecule has 0 spiro atoms. The van der Waals surface area contributed by atoms with Crippen molar-refractivity contribution in [1.29, 1.82) is 0 Å². The Balaban J connectivity index is 2.23. The predicted molar refractivity (Wildman–Crippen MR) is 62.3 cm³/mol. The summed E-state index contributed by atoms with van der Waals surface area (Å²) in [5.41, 5.74) is 5.48. The SMILES string of the molecule is Cc1c2c(c(C)c3c1OCO3)CCNCC2. The number of ether oxygens (including phenoxy) is 2. The molecule has 0 aromatic heterocycles. The van der Waals surface area contributed by atoms with Crippen LogP contribution in [0.25, 0.3) is 0 Å². The van der Waals surface area contributed by atoms with Crippen molar-refractivity contribution in [3.8, 4) is 11.5 Å². The molecule has 0 aliphatic carbocycles. The van der Waals surface area contributed by atoms with Gasteiger partial charge in [0.2, 0.25) is 6.79 Å². The third kappa shape index (κ3) is 1.31. The van der Waals surface area contributed by atoms with E-state index in [1.54, 1.807) is 0 Å². The first-order chi connectivity index (χ1) is 7.79. The summed E-state index contributed by atoms with van der Waals surface area (Å²) in [7, 11) is 0. The van der Waals surface area contributed by atoms with Gasteiger partial charge in [-0.2, -0.15) is 0 Å². The zero-order chi connectivity index (χ0) is 11.1. The van der Waals surface area contributed by atoms with Gasteiger partial charge in [-0.25, -0.2) is 0 Å². The molecule has 0 unspecified atom stereocenters. The average molecular weight is 219 g/mol. The Bertz CT molecular complexity index is 401. The van der Waals surface area contributed by atoms with Crippen LogP contribution < -0.4 is 14.8 Å². The highest BCUT2D eigenvalue weighted by molar-refractivity contribution is 5.60. The Morgan fingerprint density at radius 3 is 1.88 bits per heavy atom. The van der Waals surface area contributed by atoms with Crippen molar-refractivity contribution in [2.75, 3.05) is 19.9 Å². The minimum absolute atomic E-state index is 0.373. The highest BCUT2D eigenvalue weighted by Gasteiger charge is 2.25. The second-order valence-electron chi connectivity index (χ2n) is 4.52. The fraction of sp³-hybridized carbons (Fsp3) is 0.538. The van der Waals surface area contributed by atoms with Gasteiger partial charge >= 0.3 is 0 Å². The molecule has 0 bridgehead atoms. The van der Waals surface area contributed by atoms with E-state index in [0.29, 0.717) is 6.79 Å². The lowest BCUT2D eigenvalue weighted by atomic mass is 9.92. The van der Waals surface area contributed by atoms with Crippen LogP contribution in [-0.2, 0) is 12.8 Å². The molecule has 0 radical (unpaired) electrons. The van der Waals surface area contributed by atoms with Gasteiger partial charge in [0.1, 0.15) is 0 Å². The topological polar surface area (TPSA) is 30.5 Å². The molecule has 3 rings (SSSR count). The standard InChI is InChI=1S/C13H17NO2/c1-8-10-3-5-14-6-4-11(10)9(2)13-12(8)15-7-16-13/h14H,3-7H2,1-2H3. The molecule has 86 valence electrons. The second-order valence-corrected chi connectivity index (χ2v) is 4.52. The minimum Gasteiger partial charge on any atom is -0.453 e. The summed E-state index contributed by atoms with van der Waals surface area (Å²) >= 11 is 0. The number of fused-ring (bicyclic) bond motifs is 2. The highest BCUT2D eigenvalue weighted by Crippen LogP contribution is 2.43. The number of nitrogens with one attached hydrogen (secondary N) is 1. The van der Waals surface area contributed by atoms with Crippen molar-refractivity contribution in [3.63, 3.8) is 0 Å². The lowest BCUT2D eigenvalue weighted by molar-refractivity contribution is 0.173. The molecular formula is C13H17NO2. The molecule has 0 saturated carbocycles. The smallest absolute Gasteiger partial charge is 0.231 e. The van der Waals surface area contributed by atoms with Gasteiger partial charge in [-0.15, -0.1) is 0 Å². The summed E-state index contributed by atoms with van der Waals surface area (Å²) in [4.78, 5) is 0. The Morgan fingerprint density at radius 1 is 0.875 bits per heavy atom. The molecular weight excluding hydrogens is 202 g/mol. The Morgan fingerprint density at radius 2 is 1.38 bits per heavy atom. The van der Waals surface area contributed by atoms with Crippen molar-refractivity contribution in [2.45, 2.75) is 26.7 Å². The monoisotopic (exact) mass is 219 g/mol. The van der Waals surface area contributed by atoms with Crippen LogP contribution in [0, 0.1) is 13.8 Å². The molecule has 1 aromatic rings. The normalized spacial score (nSPS) is 18.1.